The lowest BCUT2D eigenvalue weighted by Gasteiger charge is -2.43. The van der Waals surface area contributed by atoms with Gasteiger partial charge >= 0.3 is 12.1 Å². The number of aliphatic hydroxyl groups is 2. The van der Waals surface area contributed by atoms with Gasteiger partial charge < -0.3 is 31.5 Å². The molecule has 0 aliphatic heterocycles. The fourth-order valence-electron chi connectivity index (χ4n) is 6.56. The Morgan fingerprint density at radius 1 is 0.552 bits per heavy atom. The first-order valence-corrected chi connectivity index (χ1v) is 19.5. The topological polar surface area (TPSA) is 200 Å². The maximum Gasteiger partial charge on any atom is 0.327 e. The van der Waals surface area contributed by atoms with Crippen molar-refractivity contribution in [1.29, 1.82) is 0 Å². The van der Waals surface area contributed by atoms with Crippen LogP contribution in [-0.2, 0) is 35.5 Å². The minimum atomic E-state index is -1.93. The molecule has 4 rings (SSSR count). The van der Waals surface area contributed by atoms with Gasteiger partial charge in [0.2, 0.25) is 11.8 Å². The molecule has 2 aromatic heterocycles. The molecule has 2 heterocycles. The Kier molecular flexibility index (Phi) is 16.6. The highest BCUT2D eigenvalue weighted by atomic mass is 16.3. The summed E-state index contributed by atoms with van der Waals surface area (Å²) >= 11 is 0. The van der Waals surface area contributed by atoms with Crippen molar-refractivity contribution in [2.24, 2.45) is 23.3 Å². The SMILES string of the molecule is CC(C)[C@H](N)C(=O)N(C(=O)N(C)Cc1ccccn1)[C@@H](Cc1ccccc1)[C@H](O)[C@@H](O)[C@H](Cc1ccccc1)N(C(=O)[C@@H](N)C(C)C)C(=O)N(C)Cc1ccccn1. The second-order valence-corrected chi connectivity index (χ2v) is 15.4. The van der Waals surface area contributed by atoms with Crippen LogP contribution >= 0.6 is 0 Å². The second kappa shape index (κ2) is 21.3. The number of rotatable bonds is 17. The number of nitrogens with zero attached hydrogens (tertiary/aromatic N) is 6. The first-order chi connectivity index (χ1) is 27.6. The predicted molar refractivity (Wildman–Crippen MR) is 221 cm³/mol. The van der Waals surface area contributed by atoms with Gasteiger partial charge in [-0.2, -0.15) is 0 Å². The molecule has 0 saturated carbocycles. The first-order valence-electron chi connectivity index (χ1n) is 19.5. The van der Waals surface area contributed by atoms with E-state index in [1.807, 2.05) is 0 Å². The van der Waals surface area contributed by atoms with Gasteiger partial charge in [0.25, 0.3) is 0 Å². The van der Waals surface area contributed by atoms with Crippen molar-refractivity contribution in [2.45, 2.75) is 90.0 Å². The van der Waals surface area contributed by atoms with Crippen LogP contribution < -0.4 is 11.5 Å². The van der Waals surface area contributed by atoms with Crippen molar-refractivity contribution >= 4 is 23.9 Å². The number of imide groups is 2. The Labute approximate surface area is 341 Å². The van der Waals surface area contributed by atoms with E-state index in [-0.39, 0.29) is 25.9 Å². The molecule has 310 valence electrons. The van der Waals surface area contributed by atoms with E-state index in [9.17, 15) is 29.4 Å². The van der Waals surface area contributed by atoms with Gasteiger partial charge in [-0.25, -0.2) is 9.59 Å². The summed E-state index contributed by atoms with van der Waals surface area (Å²) < 4.78 is 0. The Bertz CT molecular complexity index is 1770. The van der Waals surface area contributed by atoms with E-state index in [2.05, 4.69) is 9.97 Å². The summed E-state index contributed by atoms with van der Waals surface area (Å²) in [5.41, 5.74) is 15.3. The van der Waals surface area contributed by atoms with E-state index < -0.39 is 72.1 Å². The van der Waals surface area contributed by atoms with E-state index in [0.29, 0.717) is 22.5 Å². The maximum atomic E-state index is 14.6. The monoisotopic (exact) mass is 794 g/mol. The molecule has 14 nitrogen and oxygen atoms in total. The smallest absolute Gasteiger partial charge is 0.327 e. The van der Waals surface area contributed by atoms with Gasteiger partial charge in [-0.1, -0.05) is 100 Å². The van der Waals surface area contributed by atoms with Gasteiger partial charge in [0.1, 0.15) is 12.2 Å². The fraction of sp³-hybridized carbons (Fsp3) is 0.409. The number of hydrogen-bond acceptors (Lipinski definition) is 10. The van der Waals surface area contributed by atoms with Crippen LogP contribution in [0.25, 0.3) is 0 Å². The van der Waals surface area contributed by atoms with Gasteiger partial charge in [-0.15, -0.1) is 0 Å². The number of hydrogen-bond donors (Lipinski definition) is 4. The molecule has 58 heavy (non-hydrogen) atoms. The quantitative estimate of drug-likeness (QED) is 0.122. The fourth-order valence-corrected chi connectivity index (χ4v) is 6.56. The number of aromatic nitrogens is 2. The second-order valence-electron chi connectivity index (χ2n) is 15.4. The third-order valence-corrected chi connectivity index (χ3v) is 10.2. The van der Waals surface area contributed by atoms with Crippen LogP contribution in [-0.4, -0.2) is 114 Å². The van der Waals surface area contributed by atoms with Crippen LogP contribution in [0, 0.1) is 11.8 Å². The summed E-state index contributed by atoms with van der Waals surface area (Å²) in [7, 11) is 3.01. The molecule has 0 fully saturated rings. The summed E-state index contributed by atoms with van der Waals surface area (Å²) in [5.74, 6) is -2.37. The van der Waals surface area contributed by atoms with Crippen LogP contribution in [0.2, 0.25) is 0 Å². The van der Waals surface area contributed by atoms with Crippen molar-refractivity contribution < 1.29 is 29.4 Å². The normalized spacial score (nSPS) is 14.5. The summed E-state index contributed by atoms with van der Waals surface area (Å²) in [6, 6.07) is 21.5. The number of amides is 6. The van der Waals surface area contributed by atoms with Gasteiger partial charge in [0.15, 0.2) is 0 Å². The number of pyridine rings is 2. The minimum Gasteiger partial charge on any atom is -0.388 e. The van der Waals surface area contributed by atoms with Crippen LogP contribution in [0.4, 0.5) is 9.59 Å². The minimum absolute atomic E-state index is 0.0141. The third-order valence-electron chi connectivity index (χ3n) is 10.2. The molecule has 2 aromatic carbocycles. The number of aliphatic hydroxyl groups excluding tert-OH is 2. The van der Waals surface area contributed by atoms with E-state index in [1.54, 1.807) is 137 Å². The van der Waals surface area contributed by atoms with Gasteiger partial charge in [0, 0.05) is 26.5 Å². The lowest BCUT2D eigenvalue weighted by atomic mass is 9.88. The van der Waals surface area contributed by atoms with Crippen LogP contribution in [0.3, 0.4) is 0 Å². The lowest BCUT2D eigenvalue weighted by molar-refractivity contribution is -0.143. The Hall–Kier alpha value is -5.54. The standard InChI is InChI=1S/C44H58N8O6/c1-29(2)37(45)41(55)51(43(57)49(5)27-33-21-13-15-23-47-33)35(25-31-17-9-7-10-18-31)39(53)40(54)36(26-32-19-11-8-12-20-32)52(42(56)38(46)30(3)4)44(58)50(6)28-34-22-14-16-24-48-34/h7-24,29-30,35-40,53-54H,25-28,45-46H2,1-6H3/t35-,36-,37-,38-,39-,40-/m0/s1. The Morgan fingerprint density at radius 3 is 1.17 bits per heavy atom. The summed E-state index contributed by atoms with van der Waals surface area (Å²) in [6.45, 7) is 6.99. The third kappa shape index (κ3) is 11.8. The number of benzene rings is 2. The first kappa shape index (κ1) is 45.2. The highest BCUT2D eigenvalue weighted by molar-refractivity contribution is 5.98. The summed E-state index contributed by atoms with van der Waals surface area (Å²) in [6.07, 6.45) is -0.894. The zero-order valence-electron chi connectivity index (χ0n) is 34.2. The number of nitrogens with two attached hydrogens (primary N) is 2. The van der Waals surface area contributed by atoms with Crippen molar-refractivity contribution in [2.75, 3.05) is 14.1 Å². The Balaban J connectivity index is 1.89. The lowest BCUT2D eigenvalue weighted by Crippen LogP contribution is -2.65. The zero-order chi connectivity index (χ0) is 42.5. The molecular weight excluding hydrogens is 737 g/mol. The van der Waals surface area contributed by atoms with Crippen molar-refractivity contribution in [3.63, 3.8) is 0 Å². The van der Waals surface area contributed by atoms with Crippen LogP contribution in [0.1, 0.15) is 50.2 Å². The molecule has 4 aromatic rings. The van der Waals surface area contributed by atoms with Gasteiger partial charge in [-0.05, 0) is 60.1 Å². The molecule has 6 atom stereocenters. The average Bonchev–Trinajstić information content (AvgIpc) is 3.23. The van der Waals surface area contributed by atoms with Gasteiger partial charge in [0.05, 0.1) is 48.6 Å². The molecule has 6 amide bonds. The van der Waals surface area contributed by atoms with E-state index in [0.717, 1.165) is 9.80 Å². The predicted octanol–water partition coefficient (Wildman–Crippen LogP) is 3.85. The molecule has 0 saturated heterocycles. The number of carbonyl (C=O) groups excluding carboxylic acids is 4. The average molecular weight is 795 g/mol. The molecule has 0 unspecified atom stereocenters. The highest BCUT2D eigenvalue weighted by Crippen LogP contribution is 2.26. The van der Waals surface area contributed by atoms with E-state index >= 15 is 0 Å². The molecule has 0 bridgehead atoms. The van der Waals surface area contributed by atoms with Crippen molar-refractivity contribution in [3.8, 4) is 0 Å². The molecule has 0 radical (unpaired) electrons. The number of urea groups is 2. The summed E-state index contributed by atoms with van der Waals surface area (Å²) in [5, 5.41) is 25.2. The largest absolute Gasteiger partial charge is 0.388 e. The van der Waals surface area contributed by atoms with Crippen LogP contribution in [0.5, 0.6) is 0 Å². The van der Waals surface area contributed by atoms with Crippen molar-refractivity contribution in [1.82, 2.24) is 29.6 Å². The molecular formula is C44H58N8O6. The highest BCUT2D eigenvalue weighted by Gasteiger charge is 2.47. The maximum absolute atomic E-state index is 14.6. The van der Waals surface area contributed by atoms with E-state index in [4.69, 9.17) is 11.5 Å². The molecule has 0 aliphatic carbocycles. The molecule has 14 heteroatoms. The van der Waals surface area contributed by atoms with E-state index in [1.165, 1.54) is 23.9 Å². The zero-order valence-corrected chi connectivity index (χ0v) is 34.2. The van der Waals surface area contributed by atoms with Crippen molar-refractivity contribution in [3.05, 3.63) is 132 Å². The molecule has 0 spiro atoms. The van der Waals surface area contributed by atoms with Crippen LogP contribution in [0.15, 0.2) is 109 Å². The molecule has 6 N–H and O–H groups in total. The summed E-state index contributed by atoms with van der Waals surface area (Å²) in [4.78, 5) is 71.3. The van der Waals surface area contributed by atoms with Gasteiger partial charge in [-0.3, -0.25) is 29.4 Å². The number of carbonyl (C=O) groups is 4. The Morgan fingerprint density at radius 2 is 0.879 bits per heavy atom. The molecule has 0 aliphatic rings.